The quantitative estimate of drug-likeness (QED) is 0.375. The van der Waals surface area contributed by atoms with E-state index in [1.165, 1.54) is 0 Å². The molecule has 152 valence electrons. The number of halogens is 1. The number of hydrogen-bond donors (Lipinski definition) is 0. The van der Waals surface area contributed by atoms with Gasteiger partial charge in [-0.15, -0.1) is 10.2 Å². The van der Waals surface area contributed by atoms with Crippen molar-refractivity contribution in [3.8, 4) is 17.3 Å². The summed E-state index contributed by atoms with van der Waals surface area (Å²) < 4.78 is 18.8. The summed E-state index contributed by atoms with van der Waals surface area (Å²) in [6, 6.07) is 17.8. The average molecular weight is 440 g/mol. The summed E-state index contributed by atoms with van der Waals surface area (Å²) in [7, 11) is 0. The molecular weight excluding hydrogens is 422 g/mol. The molecule has 0 N–H and O–H groups in total. The molecule has 0 atom stereocenters. The lowest BCUT2D eigenvalue weighted by molar-refractivity contribution is -0.0168. The van der Waals surface area contributed by atoms with Gasteiger partial charge in [0, 0.05) is 21.9 Å². The van der Waals surface area contributed by atoms with Crippen LogP contribution in [-0.4, -0.2) is 21.6 Å². The smallest absolute Gasteiger partial charge is 0.200 e. The molecule has 0 saturated heterocycles. The molecule has 30 heavy (non-hydrogen) atoms. The Balaban J connectivity index is 1.46. The lowest BCUT2D eigenvalue weighted by atomic mass is 10.1. The first kappa shape index (κ1) is 19.2. The van der Waals surface area contributed by atoms with Crippen molar-refractivity contribution in [1.29, 1.82) is 0 Å². The summed E-state index contributed by atoms with van der Waals surface area (Å²) in [6.45, 7) is 1.39. The maximum atomic E-state index is 6.31. The second-order valence-corrected chi connectivity index (χ2v) is 8.19. The molecule has 0 unspecified atom stereocenters. The zero-order chi connectivity index (χ0) is 20.3. The number of nitrogens with zero attached hydrogens (tertiary/aromatic N) is 3. The number of ether oxygens (including phenoxy) is 2. The van der Waals surface area contributed by atoms with E-state index in [0.717, 1.165) is 27.6 Å². The fourth-order valence-electron chi connectivity index (χ4n) is 3.40. The second-order valence-electron chi connectivity index (χ2n) is 6.81. The molecule has 0 fully saturated rings. The zero-order valence-corrected chi connectivity index (χ0v) is 17.5. The van der Waals surface area contributed by atoms with Gasteiger partial charge in [-0.2, -0.15) is 0 Å². The van der Waals surface area contributed by atoms with Crippen LogP contribution in [0.15, 0.2) is 70.4 Å². The van der Waals surface area contributed by atoms with Crippen LogP contribution in [0.3, 0.4) is 0 Å². The minimum atomic E-state index is 0.249. The van der Waals surface area contributed by atoms with E-state index in [9.17, 15) is 0 Å². The number of benzene rings is 2. The highest BCUT2D eigenvalue weighted by Crippen LogP contribution is 2.36. The summed E-state index contributed by atoms with van der Waals surface area (Å²) >= 11 is 7.90. The van der Waals surface area contributed by atoms with Gasteiger partial charge in [-0.05, 0) is 29.8 Å². The Hall–Kier alpha value is -2.74. The van der Waals surface area contributed by atoms with Crippen LogP contribution in [0.5, 0.6) is 5.75 Å². The van der Waals surface area contributed by atoms with Crippen molar-refractivity contribution in [2.75, 3.05) is 6.79 Å². The van der Waals surface area contributed by atoms with Gasteiger partial charge in [-0.1, -0.05) is 53.7 Å². The van der Waals surface area contributed by atoms with Crippen molar-refractivity contribution in [1.82, 2.24) is 14.8 Å². The molecule has 4 aromatic rings. The number of aromatic nitrogens is 3. The predicted octanol–water partition coefficient (Wildman–Crippen LogP) is 5.40. The van der Waals surface area contributed by atoms with E-state index < -0.39 is 0 Å². The van der Waals surface area contributed by atoms with Crippen LogP contribution in [0, 0.1) is 0 Å². The zero-order valence-electron chi connectivity index (χ0n) is 16.0. The van der Waals surface area contributed by atoms with Crippen LogP contribution in [-0.2, 0) is 23.6 Å². The molecule has 0 aliphatic carbocycles. The van der Waals surface area contributed by atoms with Crippen LogP contribution >= 0.6 is 23.4 Å². The van der Waals surface area contributed by atoms with Gasteiger partial charge in [0.1, 0.15) is 5.75 Å². The first-order chi connectivity index (χ1) is 14.8. The lowest BCUT2D eigenvalue weighted by Crippen LogP contribution is -2.13. The summed E-state index contributed by atoms with van der Waals surface area (Å²) in [4.78, 5) is 0. The van der Waals surface area contributed by atoms with Gasteiger partial charge in [0.2, 0.25) is 5.82 Å². The third-order valence-corrected chi connectivity index (χ3v) is 5.98. The fraction of sp³-hybridized carbons (Fsp3) is 0.182. The van der Waals surface area contributed by atoms with Crippen LogP contribution < -0.4 is 4.74 Å². The molecule has 5 rings (SSSR count). The standard InChI is InChI=1S/C22H18ClN3O3S/c23-18-9-16-12-27-14-29-20(16)17(10-18)13-30-22-25-24-21(19-7-4-8-28-19)26(22)11-15-5-2-1-3-6-15/h1-10H,11-14H2. The van der Waals surface area contributed by atoms with Crippen LogP contribution in [0.2, 0.25) is 5.02 Å². The van der Waals surface area contributed by atoms with E-state index in [1.54, 1.807) is 18.0 Å². The second kappa shape index (κ2) is 8.55. The average Bonchev–Trinajstić information content (AvgIpc) is 3.43. The van der Waals surface area contributed by atoms with Crippen molar-refractivity contribution in [2.45, 2.75) is 24.1 Å². The van der Waals surface area contributed by atoms with Gasteiger partial charge in [-0.3, -0.25) is 4.57 Å². The molecule has 1 aliphatic rings. The molecule has 0 radical (unpaired) electrons. The Kier molecular flexibility index (Phi) is 5.48. The summed E-state index contributed by atoms with van der Waals surface area (Å²) in [5.74, 6) is 2.88. The van der Waals surface area contributed by atoms with Crippen molar-refractivity contribution in [3.63, 3.8) is 0 Å². The Bertz CT molecular complexity index is 1150. The van der Waals surface area contributed by atoms with Gasteiger partial charge < -0.3 is 13.9 Å². The Morgan fingerprint density at radius 3 is 2.80 bits per heavy atom. The van der Waals surface area contributed by atoms with E-state index in [0.29, 0.717) is 35.5 Å². The Morgan fingerprint density at radius 2 is 1.97 bits per heavy atom. The molecule has 6 nitrogen and oxygen atoms in total. The monoisotopic (exact) mass is 439 g/mol. The number of thioether (sulfide) groups is 1. The van der Waals surface area contributed by atoms with E-state index in [4.69, 9.17) is 25.5 Å². The molecular formula is C22H18ClN3O3S. The summed E-state index contributed by atoms with van der Waals surface area (Å²) in [5.41, 5.74) is 3.14. The Morgan fingerprint density at radius 1 is 1.07 bits per heavy atom. The molecule has 0 bridgehead atoms. The third kappa shape index (κ3) is 3.96. The van der Waals surface area contributed by atoms with Crippen molar-refractivity contribution < 1.29 is 13.9 Å². The molecule has 2 aromatic carbocycles. The molecule has 1 aliphatic heterocycles. The number of rotatable bonds is 6. The van der Waals surface area contributed by atoms with E-state index in [2.05, 4.69) is 26.9 Å². The third-order valence-electron chi connectivity index (χ3n) is 4.75. The lowest BCUT2D eigenvalue weighted by Gasteiger charge is -2.21. The topological polar surface area (TPSA) is 62.3 Å². The van der Waals surface area contributed by atoms with Crippen molar-refractivity contribution in [3.05, 3.63) is 82.6 Å². The fourth-order valence-corrected chi connectivity index (χ4v) is 4.57. The van der Waals surface area contributed by atoms with Crippen LogP contribution in [0.4, 0.5) is 0 Å². The minimum absolute atomic E-state index is 0.249. The van der Waals surface area contributed by atoms with Crippen molar-refractivity contribution >= 4 is 23.4 Å². The number of furan rings is 1. The maximum Gasteiger partial charge on any atom is 0.200 e. The van der Waals surface area contributed by atoms with E-state index >= 15 is 0 Å². The molecule has 0 spiro atoms. The van der Waals surface area contributed by atoms with E-state index in [1.807, 2.05) is 42.5 Å². The molecule has 0 saturated carbocycles. The van der Waals surface area contributed by atoms with Gasteiger partial charge in [-0.25, -0.2) is 0 Å². The molecule has 0 amide bonds. The first-order valence-electron chi connectivity index (χ1n) is 9.43. The van der Waals surface area contributed by atoms with Crippen LogP contribution in [0.25, 0.3) is 11.6 Å². The maximum absolute atomic E-state index is 6.31. The van der Waals surface area contributed by atoms with Gasteiger partial charge in [0.15, 0.2) is 17.7 Å². The minimum Gasteiger partial charge on any atom is -0.467 e. The molecule has 2 aromatic heterocycles. The normalized spacial score (nSPS) is 13.1. The molecule has 8 heteroatoms. The predicted molar refractivity (Wildman–Crippen MR) is 115 cm³/mol. The SMILES string of the molecule is Clc1cc2c(c(CSc3nnc(-c4ccco4)n3Cc3ccccc3)c1)OCOC2. The van der Waals surface area contributed by atoms with Gasteiger partial charge in [0.05, 0.1) is 19.4 Å². The van der Waals surface area contributed by atoms with Crippen molar-refractivity contribution in [2.24, 2.45) is 0 Å². The largest absolute Gasteiger partial charge is 0.467 e. The van der Waals surface area contributed by atoms with Gasteiger partial charge >= 0.3 is 0 Å². The number of fused-ring (bicyclic) bond motifs is 1. The number of hydrogen-bond acceptors (Lipinski definition) is 6. The highest BCUT2D eigenvalue weighted by atomic mass is 35.5. The van der Waals surface area contributed by atoms with Crippen LogP contribution in [0.1, 0.15) is 16.7 Å². The summed E-state index contributed by atoms with van der Waals surface area (Å²) in [6.07, 6.45) is 1.64. The molecule has 3 heterocycles. The van der Waals surface area contributed by atoms with E-state index in [-0.39, 0.29) is 6.79 Å². The highest BCUT2D eigenvalue weighted by molar-refractivity contribution is 7.98. The highest BCUT2D eigenvalue weighted by Gasteiger charge is 2.20. The Labute approximate surface area is 182 Å². The van der Waals surface area contributed by atoms with Gasteiger partial charge in [0.25, 0.3) is 0 Å². The first-order valence-corrected chi connectivity index (χ1v) is 10.8. The summed E-state index contributed by atoms with van der Waals surface area (Å²) in [5, 5.41) is 10.3.